The fourth-order valence-corrected chi connectivity index (χ4v) is 4.08. The largest absolute Gasteiger partial charge is 0.349 e. The summed E-state index contributed by atoms with van der Waals surface area (Å²) in [4.78, 5) is 38.3. The van der Waals surface area contributed by atoms with E-state index in [0.717, 1.165) is 32.1 Å². The third-order valence-electron chi connectivity index (χ3n) is 5.11. The zero-order valence-corrected chi connectivity index (χ0v) is 17.6. The van der Waals surface area contributed by atoms with Crippen LogP contribution in [0.4, 0.5) is 5.00 Å². The molecule has 0 atom stereocenters. The zero-order valence-electron chi connectivity index (χ0n) is 16.8. The quantitative estimate of drug-likeness (QED) is 0.538. The van der Waals surface area contributed by atoms with E-state index in [1.165, 1.54) is 16.0 Å². The molecule has 1 saturated carbocycles. The molecule has 0 radical (unpaired) electrons. The first-order valence-electron chi connectivity index (χ1n) is 10.3. The lowest BCUT2D eigenvalue weighted by molar-refractivity contribution is 0.0952. The summed E-state index contributed by atoms with van der Waals surface area (Å²) in [6, 6.07) is 8.94. The maximum Gasteiger partial charge on any atom is 0.277 e. The van der Waals surface area contributed by atoms with Crippen molar-refractivity contribution >= 4 is 38.9 Å². The molecule has 30 heavy (non-hydrogen) atoms. The van der Waals surface area contributed by atoms with Crippen molar-refractivity contribution in [1.29, 1.82) is 0 Å². The number of benzene rings is 1. The van der Waals surface area contributed by atoms with Crippen LogP contribution in [0.1, 0.15) is 59.9 Å². The van der Waals surface area contributed by atoms with Gasteiger partial charge < -0.3 is 10.6 Å². The summed E-state index contributed by atoms with van der Waals surface area (Å²) < 4.78 is 1.38. The van der Waals surface area contributed by atoms with Crippen molar-refractivity contribution in [3.63, 3.8) is 0 Å². The summed E-state index contributed by atoms with van der Waals surface area (Å²) in [6.07, 6.45) is 4.82. The monoisotopic (exact) mass is 424 g/mol. The second-order valence-electron chi connectivity index (χ2n) is 7.49. The van der Waals surface area contributed by atoms with Crippen molar-refractivity contribution in [3.05, 3.63) is 57.3 Å². The molecule has 0 saturated heterocycles. The maximum atomic E-state index is 13.1. The van der Waals surface area contributed by atoms with Crippen LogP contribution in [0, 0.1) is 0 Å². The van der Waals surface area contributed by atoms with Gasteiger partial charge in [0.1, 0.15) is 5.00 Å². The van der Waals surface area contributed by atoms with Crippen LogP contribution in [0.3, 0.4) is 0 Å². The van der Waals surface area contributed by atoms with Gasteiger partial charge in [0.05, 0.1) is 10.9 Å². The van der Waals surface area contributed by atoms with Crippen molar-refractivity contribution in [2.45, 2.75) is 51.6 Å². The highest BCUT2D eigenvalue weighted by Crippen LogP contribution is 2.26. The number of hydrogen-bond acceptors (Lipinski definition) is 5. The molecule has 2 amide bonds. The van der Waals surface area contributed by atoms with Crippen molar-refractivity contribution in [2.24, 2.45) is 0 Å². The number of thiophene rings is 1. The molecule has 0 unspecified atom stereocenters. The molecule has 0 aliphatic heterocycles. The highest BCUT2D eigenvalue weighted by atomic mass is 32.1. The molecule has 2 heterocycles. The van der Waals surface area contributed by atoms with Gasteiger partial charge in [-0.25, -0.2) is 4.68 Å². The molecule has 1 fully saturated rings. The average molecular weight is 425 g/mol. The molecule has 156 valence electrons. The van der Waals surface area contributed by atoms with Gasteiger partial charge in [-0.2, -0.15) is 5.10 Å². The number of carbonyl (C=O) groups excluding carboxylic acids is 2. The molecule has 2 N–H and O–H groups in total. The Morgan fingerprint density at radius 1 is 1.13 bits per heavy atom. The summed E-state index contributed by atoms with van der Waals surface area (Å²) in [5.74, 6) is -0.616. The van der Waals surface area contributed by atoms with Crippen LogP contribution < -0.4 is 16.2 Å². The molecule has 1 aromatic carbocycles. The Labute approximate surface area is 178 Å². The third kappa shape index (κ3) is 4.28. The summed E-state index contributed by atoms with van der Waals surface area (Å²) in [5.41, 5.74) is 0.434. The van der Waals surface area contributed by atoms with Crippen LogP contribution in [0.25, 0.3) is 10.8 Å². The van der Waals surface area contributed by atoms with E-state index in [1.54, 1.807) is 35.7 Å². The molecule has 4 rings (SSSR count). The Hall–Kier alpha value is -3.00. The Morgan fingerprint density at radius 2 is 1.90 bits per heavy atom. The Bertz CT molecular complexity index is 1150. The van der Waals surface area contributed by atoms with Crippen LogP contribution in [-0.4, -0.2) is 27.6 Å². The van der Waals surface area contributed by atoms with E-state index in [0.29, 0.717) is 27.9 Å². The summed E-state index contributed by atoms with van der Waals surface area (Å²) >= 11 is 1.29. The number of carbonyl (C=O) groups is 2. The molecule has 1 aliphatic carbocycles. The van der Waals surface area contributed by atoms with Crippen LogP contribution in [-0.2, 0) is 6.54 Å². The van der Waals surface area contributed by atoms with Gasteiger partial charge in [-0.1, -0.05) is 38.0 Å². The third-order valence-corrected chi connectivity index (χ3v) is 5.94. The first-order valence-corrected chi connectivity index (χ1v) is 11.2. The number of anilines is 1. The first-order chi connectivity index (χ1) is 14.6. The molecule has 8 heteroatoms. The van der Waals surface area contributed by atoms with Crippen molar-refractivity contribution in [1.82, 2.24) is 15.1 Å². The van der Waals surface area contributed by atoms with Gasteiger partial charge in [-0.3, -0.25) is 14.4 Å². The number of rotatable bonds is 8. The molecule has 0 bridgehead atoms. The molecule has 1 aliphatic rings. The van der Waals surface area contributed by atoms with Gasteiger partial charge in [0, 0.05) is 18.0 Å². The maximum absolute atomic E-state index is 13.1. The van der Waals surface area contributed by atoms with Crippen LogP contribution in [0.15, 0.2) is 40.5 Å². The molecule has 2 aromatic heterocycles. The topological polar surface area (TPSA) is 93.1 Å². The smallest absolute Gasteiger partial charge is 0.277 e. The van der Waals surface area contributed by atoms with Gasteiger partial charge in [0.25, 0.3) is 17.4 Å². The van der Waals surface area contributed by atoms with Crippen LogP contribution >= 0.6 is 11.3 Å². The van der Waals surface area contributed by atoms with Gasteiger partial charge in [-0.15, -0.1) is 11.3 Å². The van der Waals surface area contributed by atoms with Crippen molar-refractivity contribution in [2.75, 3.05) is 5.32 Å². The van der Waals surface area contributed by atoms with Gasteiger partial charge in [0.2, 0.25) is 0 Å². The predicted molar refractivity (Wildman–Crippen MR) is 118 cm³/mol. The number of nitrogens with zero attached hydrogens (tertiary/aromatic N) is 2. The van der Waals surface area contributed by atoms with Gasteiger partial charge in [-0.05, 0) is 36.8 Å². The van der Waals surface area contributed by atoms with Crippen molar-refractivity contribution < 1.29 is 9.59 Å². The van der Waals surface area contributed by atoms with E-state index in [4.69, 9.17) is 0 Å². The highest BCUT2D eigenvalue weighted by Gasteiger charge is 2.26. The van der Waals surface area contributed by atoms with Crippen LogP contribution in [0.2, 0.25) is 0 Å². The zero-order chi connectivity index (χ0) is 21.1. The SMILES string of the molecule is CCCCCn1nc(C(=O)Nc2sccc2C(=O)NC2CC2)c2ccccc2c1=O. The van der Waals surface area contributed by atoms with Crippen LogP contribution in [0.5, 0.6) is 0 Å². The van der Waals surface area contributed by atoms with E-state index in [2.05, 4.69) is 22.7 Å². The number of fused-ring (bicyclic) bond motifs is 1. The molecule has 0 spiro atoms. The van der Waals surface area contributed by atoms with Crippen molar-refractivity contribution in [3.8, 4) is 0 Å². The number of unbranched alkanes of at least 4 members (excludes halogenated alkanes) is 2. The Kier molecular flexibility index (Phi) is 5.94. The Balaban J connectivity index is 1.65. The number of aryl methyl sites for hydroxylation is 1. The number of aromatic nitrogens is 2. The first kappa shape index (κ1) is 20.3. The fraction of sp³-hybridized carbons (Fsp3) is 0.364. The summed E-state index contributed by atoms with van der Waals surface area (Å²) in [5, 5.41) is 13.4. The Morgan fingerprint density at radius 3 is 2.63 bits per heavy atom. The predicted octanol–water partition coefficient (Wildman–Crippen LogP) is 3.79. The van der Waals surface area contributed by atoms with E-state index < -0.39 is 5.91 Å². The van der Waals surface area contributed by atoms with Gasteiger partial charge in [0.15, 0.2) is 5.69 Å². The average Bonchev–Trinajstić information content (AvgIpc) is 3.44. The van der Waals surface area contributed by atoms with E-state index >= 15 is 0 Å². The second kappa shape index (κ2) is 8.79. The lowest BCUT2D eigenvalue weighted by Crippen LogP contribution is -2.28. The summed E-state index contributed by atoms with van der Waals surface area (Å²) in [7, 11) is 0. The number of amides is 2. The highest BCUT2D eigenvalue weighted by molar-refractivity contribution is 7.14. The van der Waals surface area contributed by atoms with E-state index in [-0.39, 0.29) is 23.2 Å². The molecule has 7 nitrogen and oxygen atoms in total. The second-order valence-corrected chi connectivity index (χ2v) is 8.41. The van der Waals surface area contributed by atoms with Gasteiger partial charge >= 0.3 is 0 Å². The lowest BCUT2D eigenvalue weighted by atomic mass is 10.1. The normalized spacial score (nSPS) is 13.4. The van der Waals surface area contributed by atoms with E-state index in [9.17, 15) is 14.4 Å². The standard InChI is InChI=1S/C22H24N4O3S/c1-2-3-6-12-26-22(29)16-8-5-4-7-15(16)18(25-26)20(28)24-21-17(11-13-30-21)19(27)23-14-9-10-14/h4-5,7-8,11,13-14H,2-3,6,9-10,12H2,1H3,(H,23,27)(H,24,28). The fourth-order valence-electron chi connectivity index (χ4n) is 3.30. The molecular formula is C22H24N4O3S. The van der Waals surface area contributed by atoms with E-state index in [1.807, 2.05) is 0 Å². The number of hydrogen-bond donors (Lipinski definition) is 2. The number of nitrogens with one attached hydrogen (secondary N) is 2. The minimum atomic E-state index is -0.432. The summed E-state index contributed by atoms with van der Waals surface area (Å²) in [6.45, 7) is 2.55. The minimum Gasteiger partial charge on any atom is -0.349 e. The lowest BCUT2D eigenvalue weighted by Gasteiger charge is -2.11. The molecular weight excluding hydrogens is 400 g/mol. The molecule has 3 aromatic rings. The minimum absolute atomic E-state index is 0.184.